The first-order chi connectivity index (χ1) is 7.11. The molecule has 5 nitrogen and oxygen atoms in total. The fourth-order valence-corrected chi connectivity index (χ4v) is 2.13. The van der Waals surface area contributed by atoms with Crippen molar-refractivity contribution in [2.45, 2.75) is 12.6 Å². The Bertz CT molecular complexity index is 304. The van der Waals surface area contributed by atoms with E-state index in [1.165, 1.54) is 0 Å². The lowest BCUT2D eigenvalue weighted by Gasteiger charge is -2.24. The van der Waals surface area contributed by atoms with E-state index in [1.54, 1.807) is 0 Å². The van der Waals surface area contributed by atoms with Crippen molar-refractivity contribution in [3.8, 4) is 0 Å². The van der Waals surface area contributed by atoms with Gasteiger partial charge in [-0.25, -0.2) is 0 Å². The van der Waals surface area contributed by atoms with Gasteiger partial charge in [-0.1, -0.05) is 0 Å². The smallest absolute Gasteiger partial charge is 0.396 e. The van der Waals surface area contributed by atoms with Crippen LogP contribution >= 0.6 is 0 Å². The molecule has 0 bridgehead atoms. The van der Waals surface area contributed by atoms with Gasteiger partial charge in [0.05, 0.1) is 0 Å². The van der Waals surface area contributed by atoms with Gasteiger partial charge in [-0.15, -0.1) is 0 Å². The van der Waals surface area contributed by atoms with Crippen molar-refractivity contribution in [3.63, 3.8) is 0 Å². The van der Waals surface area contributed by atoms with Crippen LogP contribution in [0.3, 0.4) is 0 Å². The third kappa shape index (κ3) is 5.10. The molecule has 0 aliphatic carbocycles. The standard InChI is InChI=1S/C7H15F3N2O3S/c1-11(4-3-5-13)16(14,15)12(2)6-7(8,9)10/h13H,3-6H2,1-2H3. The molecule has 0 fully saturated rings. The van der Waals surface area contributed by atoms with Crippen LogP contribution in [-0.2, 0) is 10.2 Å². The number of rotatable bonds is 6. The average Bonchev–Trinajstić information content (AvgIpc) is 2.11. The van der Waals surface area contributed by atoms with Gasteiger partial charge in [0, 0.05) is 27.2 Å². The van der Waals surface area contributed by atoms with Crippen molar-refractivity contribution in [2.75, 3.05) is 33.8 Å². The zero-order valence-corrected chi connectivity index (χ0v) is 9.85. The molecule has 0 rings (SSSR count). The minimum Gasteiger partial charge on any atom is -0.396 e. The monoisotopic (exact) mass is 264 g/mol. The summed E-state index contributed by atoms with van der Waals surface area (Å²) in [4.78, 5) is 0. The number of nitrogens with zero attached hydrogens (tertiary/aromatic N) is 2. The van der Waals surface area contributed by atoms with Crippen LogP contribution in [0.4, 0.5) is 13.2 Å². The zero-order chi connectivity index (χ0) is 13.0. The second kappa shape index (κ2) is 5.80. The molecule has 0 radical (unpaired) electrons. The first-order valence-corrected chi connectivity index (χ1v) is 5.86. The van der Waals surface area contributed by atoms with Gasteiger partial charge in [-0.3, -0.25) is 0 Å². The molecule has 0 saturated carbocycles. The van der Waals surface area contributed by atoms with Gasteiger partial charge in [0.1, 0.15) is 6.54 Å². The highest BCUT2D eigenvalue weighted by Gasteiger charge is 2.35. The van der Waals surface area contributed by atoms with Gasteiger partial charge in [0.25, 0.3) is 10.2 Å². The Hall–Kier alpha value is -0.380. The number of halogens is 3. The van der Waals surface area contributed by atoms with Crippen molar-refractivity contribution < 1.29 is 26.7 Å². The van der Waals surface area contributed by atoms with E-state index in [2.05, 4.69) is 0 Å². The molecule has 0 aliphatic rings. The molecule has 98 valence electrons. The van der Waals surface area contributed by atoms with E-state index in [9.17, 15) is 21.6 Å². The zero-order valence-electron chi connectivity index (χ0n) is 9.03. The lowest BCUT2D eigenvalue weighted by Crippen LogP contribution is -2.44. The predicted molar refractivity (Wildman–Crippen MR) is 51.9 cm³/mol. The Balaban J connectivity index is 4.53. The van der Waals surface area contributed by atoms with E-state index in [4.69, 9.17) is 5.11 Å². The Kier molecular flexibility index (Phi) is 5.66. The summed E-state index contributed by atoms with van der Waals surface area (Å²) < 4.78 is 59.9. The summed E-state index contributed by atoms with van der Waals surface area (Å²) in [6.45, 7) is -1.78. The fourth-order valence-electron chi connectivity index (χ4n) is 0.981. The first-order valence-electron chi connectivity index (χ1n) is 4.46. The van der Waals surface area contributed by atoms with Crippen molar-refractivity contribution in [3.05, 3.63) is 0 Å². The molecule has 0 heterocycles. The van der Waals surface area contributed by atoms with Gasteiger partial charge in [-0.2, -0.15) is 30.2 Å². The normalized spacial score (nSPS) is 13.8. The van der Waals surface area contributed by atoms with Crippen molar-refractivity contribution >= 4 is 10.2 Å². The van der Waals surface area contributed by atoms with Crippen molar-refractivity contribution in [1.82, 2.24) is 8.61 Å². The van der Waals surface area contributed by atoms with Crippen LogP contribution in [0.5, 0.6) is 0 Å². The second-order valence-electron chi connectivity index (χ2n) is 3.28. The van der Waals surface area contributed by atoms with Crippen LogP contribution in [-0.4, -0.2) is 62.1 Å². The predicted octanol–water partition coefficient (Wildman–Crippen LogP) is 0.0395. The summed E-state index contributed by atoms with van der Waals surface area (Å²) in [5.41, 5.74) is 0. The summed E-state index contributed by atoms with van der Waals surface area (Å²) in [6, 6.07) is 0. The molecule has 1 N–H and O–H groups in total. The Morgan fingerprint density at radius 1 is 1.19 bits per heavy atom. The third-order valence-corrected chi connectivity index (χ3v) is 3.71. The van der Waals surface area contributed by atoms with E-state index in [0.29, 0.717) is 0 Å². The Labute approximate surface area is 92.6 Å². The van der Waals surface area contributed by atoms with Crippen LogP contribution in [0.1, 0.15) is 6.42 Å². The van der Waals surface area contributed by atoms with E-state index >= 15 is 0 Å². The van der Waals surface area contributed by atoms with Gasteiger partial charge in [0.15, 0.2) is 0 Å². The average molecular weight is 264 g/mol. The second-order valence-corrected chi connectivity index (χ2v) is 5.42. The van der Waals surface area contributed by atoms with Crippen LogP contribution in [0.2, 0.25) is 0 Å². The molecule has 9 heteroatoms. The molecule has 0 aromatic heterocycles. The van der Waals surface area contributed by atoms with E-state index in [0.717, 1.165) is 18.4 Å². The van der Waals surface area contributed by atoms with E-state index in [1.807, 2.05) is 0 Å². The number of alkyl halides is 3. The summed E-state index contributed by atoms with van der Waals surface area (Å²) in [5, 5.41) is 8.49. The third-order valence-electron chi connectivity index (χ3n) is 1.82. The minimum absolute atomic E-state index is 0.0268. The highest BCUT2D eigenvalue weighted by molar-refractivity contribution is 7.86. The van der Waals surface area contributed by atoms with Gasteiger partial charge in [0.2, 0.25) is 0 Å². The number of hydrogen-bond donors (Lipinski definition) is 1. The summed E-state index contributed by atoms with van der Waals surface area (Å²) in [7, 11) is -2.08. The molecule has 0 atom stereocenters. The summed E-state index contributed by atoms with van der Waals surface area (Å²) in [6.07, 6.45) is -4.39. The molecule has 0 aromatic carbocycles. The summed E-state index contributed by atoms with van der Waals surface area (Å²) >= 11 is 0. The molecular formula is C7H15F3N2O3S. The SMILES string of the molecule is CN(CCCO)S(=O)(=O)N(C)CC(F)(F)F. The Morgan fingerprint density at radius 2 is 1.69 bits per heavy atom. The van der Waals surface area contributed by atoms with Crippen molar-refractivity contribution in [2.24, 2.45) is 0 Å². The highest BCUT2D eigenvalue weighted by Crippen LogP contribution is 2.18. The molecule has 0 unspecified atom stereocenters. The topological polar surface area (TPSA) is 60.9 Å². The largest absolute Gasteiger partial charge is 0.402 e. The molecule has 0 saturated heterocycles. The number of aliphatic hydroxyl groups excluding tert-OH is 1. The molecule has 16 heavy (non-hydrogen) atoms. The maximum atomic E-state index is 12.0. The van der Waals surface area contributed by atoms with Crippen LogP contribution < -0.4 is 0 Å². The lowest BCUT2D eigenvalue weighted by atomic mass is 10.5. The molecule has 0 amide bonds. The maximum Gasteiger partial charge on any atom is 0.402 e. The molecule has 0 aliphatic heterocycles. The van der Waals surface area contributed by atoms with Crippen LogP contribution in [0.15, 0.2) is 0 Å². The maximum absolute atomic E-state index is 12.0. The minimum atomic E-state index is -4.57. The first kappa shape index (κ1) is 15.6. The van der Waals surface area contributed by atoms with Gasteiger partial charge in [-0.05, 0) is 6.42 Å². The van der Waals surface area contributed by atoms with Gasteiger partial charge < -0.3 is 5.11 Å². The number of aliphatic hydroxyl groups is 1. The number of hydrogen-bond acceptors (Lipinski definition) is 3. The Morgan fingerprint density at radius 3 is 2.06 bits per heavy atom. The van der Waals surface area contributed by atoms with E-state index in [-0.39, 0.29) is 23.9 Å². The molecule has 0 aromatic rings. The lowest BCUT2D eigenvalue weighted by molar-refractivity contribution is -0.134. The van der Waals surface area contributed by atoms with Crippen LogP contribution in [0, 0.1) is 0 Å². The quantitative estimate of drug-likeness (QED) is 0.737. The fraction of sp³-hybridized carbons (Fsp3) is 1.00. The summed E-state index contributed by atoms with van der Waals surface area (Å²) in [5.74, 6) is 0. The van der Waals surface area contributed by atoms with Gasteiger partial charge >= 0.3 is 6.18 Å². The van der Waals surface area contributed by atoms with E-state index < -0.39 is 22.9 Å². The molecular weight excluding hydrogens is 249 g/mol. The molecule has 0 spiro atoms. The van der Waals surface area contributed by atoms with Crippen molar-refractivity contribution in [1.29, 1.82) is 0 Å². The highest BCUT2D eigenvalue weighted by atomic mass is 32.2. The van der Waals surface area contributed by atoms with Crippen LogP contribution in [0.25, 0.3) is 0 Å².